The van der Waals surface area contributed by atoms with E-state index < -0.39 is 35.3 Å². The Bertz CT molecular complexity index is 489. The van der Waals surface area contributed by atoms with Gasteiger partial charge in [-0.3, -0.25) is 9.78 Å². The lowest BCUT2D eigenvalue weighted by atomic mass is 10.2. The Hall–Kier alpha value is -1.87. The lowest BCUT2D eigenvalue weighted by Crippen LogP contribution is -2.26. The van der Waals surface area contributed by atoms with Crippen molar-refractivity contribution in [2.24, 2.45) is 0 Å². The minimum atomic E-state index is -5.42. The average Bonchev–Trinajstić information content (AvgIpc) is 2.17. The Kier molecular flexibility index (Phi) is 3.49. The summed E-state index contributed by atoms with van der Waals surface area (Å²) in [5, 5.41) is 0. The summed E-state index contributed by atoms with van der Waals surface area (Å²) in [5.41, 5.74) is -3.57. The molecule has 102 valence electrons. The van der Waals surface area contributed by atoms with Gasteiger partial charge in [-0.15, -0.1) is 13.2 Å². The van der Waals surface area contributed by atoms with Gasteiger partial charge in [0.05, 0.1) is 7.11 Å². The molecule has 1 aromatic rings. The summed E-state index contributed by atoms with van der Waals surface area (Å²) < 4.78 is 80.5. The zero-order chi connectivity index (χ0) is 14.1. The molecular formula is C8H5F6NO3. The van der Waals surface area contributed by atoms with E-state index in [2.05, 4.69) is 9.47 Å². The Morgan fingerprint density at radius 2 is 1.72 bits per heavy atom. The van der Waals surface area contributed by atoms with Crippen molar-refractivity contribution in [3.8, 4) is 11.6 Å². The molecule has 0 aliphatic carbocycles. The summed E-state index contributed by atoms with van der Waals surface area (Å²) in [6.07, 6.45) is -10.6. The van der Waals surface area contributed by atoms with Gasteiger partial charge in [-0.05, 0) is 0 Å². The smallest absolute Gasteiger partial charge is 0.482 e. The molecule has 0 saturated carbocycles. The molecule has 0 fully saturated rings. The number of nitrogens with one attached hydrogen (secondary N) is 1. The van der Waals surface area contributed by atoms with Crippen LogP contribution in [0.25, 0.3) is 0 Å². The van der Waals surface area contributed by atoms with Crippen LogP contribution < -0.4 is 15.0 Å². The number of ether oxygens (including phenoxy) is 2. The van der Waals surface area contributed by atoms with Crippen molar-refractivity contribution in [1.29, 1.82) is 0 Å². The molecule has 0 saturated heterocycles. The van der Waals surface area contributed by atoms with Crippen molar-refractivity contribution in [3.63, 3.8) is 0 Å². The normalized spacial score (nSPS) is 12.4. The third-order valence-corrected chi connectivity index (χ3v) is 1.71. The molecule has 0 unspecified atom stereocenters. The molecule has 0 aliphatic heterocycles. The molecule has 0 aromatic carbocycles. The van der Waals surface area contributed by atoms with Crippen molar-refractivity contribution in [3.05, 3.63) is 22.0 Å². The fourth-order valence-corrected chi connectivity index (χ4v) is 1.06. The zero-order valence-electron chi connectivity index (χ0n) is 8.57. The molecule has 1 N–H and O–H groups in total. The molecule has 0 bridgehead atoms. The minimum absolute atomic E-state index is 0.197. The van der Waals surface area contributed by atoms with Gasteiger partial charge < -0.3 is 9.47 Å². The van der Waals surface area contributed by atoms with Crippen LogP contribution in [0, 0.1) is 0 Å². The number of rotatable bonds is 2. The molecule has 18 heavy (non-hydrogen) atoms. The summed E-state index contributed by atoms with van der Waals surface area (Å²) in [4.78, 5) is 12.7. The maximum atomic E-state index is 12.5. The van der Waals surface area contributed by atoms with Crippen LogP contribution in [0.1, 0.15) is 5.56 Å². The maximum absolute atomic E-state index is 12.5. The number of methoxy groups -OCH3 is 1. The number of pyridine rings is 1. The molecule has 0 spiro atoms. The van der Waals surface area contributed by atoms with Crippen LogP contribution in [-0.2, 0) is 6.18 Å². The molecule has 10 heteroatoms. The van der Waals surface area contributed by atoms with E-state index in [-0.39, 0.29) is 6.07 Å². The van der Waals surface area contributed by atoms with Crippen LogP contribution in [0.4, 0.5) is 26.3 Å². The highest BCUT2D eigenvalue weighted by molar-refractivity contribution is 5.37. The third kappa shape index (κ3) is 3.31. The van der Waals surface area contributed by atoms with Crippen molar-refractivity contribution < 1.29 is 35.8 Å². The Labute approximate surface area is 95.1 Å². The molecule has 0 radical (unpaired) electrons. The number of aromatic nitrogens is 1. The van der Waals surface area contributed by atoms with Crippen LogP contribution in [-0.4, -0.2) is 18.5 Å². The van der Waals surface area contributed by atoms with Crippen LogP contribution in [0.2, 0.25) is 0 Å². The van der Waals surface area contributed by atoms with Gasteiger partial charge >= 0.3 is 12.5 Å². The Morgan fingerprint density at radius 1 is 1.17 bits per heavy atom. The standard InChI is InChI=1S/C8H5F6NO3/c1-17-4-2-3(7(9,10)11)5(6(16)15-4)18-8(12,13)14/h2H,1H3,(H,15,16). The second-order valence-corrected chi connectivity index (χ2v) is 2.96. The molecule has 0 atom stereocenters. The van der Waals surface area contributed by atoms with Crippen LogP contribution in [0.15, 0.2) is 10.9 Å². The predicted molar refractivity (Wildman–Crippen MR) is 45.3 cm³/mol. The predicted octanol–water partition coefficient (Wildman–Crippen LogP) is 2.30. The van der Waals surface area contributed by atoms with Crippen LogP contribution in [0.3, 0.4) is 0 Å². The monoisotopic (exact) mass is 277 g/mol. The van der Waals surface area contributed by atoms with Crippen molar-refractivity contribution in [2.45, 2.75) is 12.5 Å². The Balaban J connectivity index is 3.44. The van der Waals surface area contributed by atoms with E-state index in [0.717, 1.165) is 7.11 Å². The van der Waals surface area contributed by atoms with E-state index in [1.54, 1.807) is 4.98 Å². The van der Waals surface area contributed by atoms with Crippen molar-refractivity contribution >= 4 is 0 Å². The number of hydrogen-bond donors (Lipinski definition) is 1. The lowest BCUT2D eigenvalue weighted by Gasteiger charge is -2.15. The van der Waals surface area contributed by atoms with Crippen LogP contribution in [0.5, 0.6) is 11.6 Å². The molecule has 1 rings (SSSR count). The van der Waals surface area contributed by atoms with E-state index >= 15 is 0 Å². The second kappa shape index (κ2) is 4.42. The fraction of sp³-hybridized carbons (Fsp3) is 0.375. The van der Waals surface area contributed by atoms with Gasteiger partial charge in [0.2, 0.25) is 5.75 Å². The number of hydrogen-bond acceptors (Lipinski definition) is 3. The van der Waals surface area contributed by atoms with Crippen LogP contribution >= 0.6 is 0 Å². The zero-order valence-corrected chi connectivity index (χ0v) is 8.57. The SMILES string of the molecule is COc1cc(C(F)(F)F)c(OC(F)(F)F)c(=O)[nH]1. The average molecular weight is 277 g/mol. The van der Waals surface area contributed by atoms with Gasteiger partial charge in [0, 0.05) is 6.07 Å². The van der Waals surface area contributed by atoms with Gasteiger partial charge in [-0.25, -0.2) is 0 Å². The first-order chi connectivity index (χ1) is 8.04. The van der Waals surface area contributed by atoms with Gasteiger partial charge in [-0.1, -0.05) is 0 Å². The Morgan fingerprint density at radius 3 is 2.11 bits per heavy atom. The highest BCUT2D eigenvalue weighted by atomic mass is 19.4. The fourth-order valence-electron chi connectivity index (χ4n) is 1.06. The topological polar surface area (TPSA) is 51.3 Å². The number of H-pyrrole nitrogens is 1. The molecule has 1 aromatic heterocycles. The first-order valence-corrected chi connectivity index (χ1v) is 4.19. The van der Waals surface area contributed by atoms with Crippen molar-refractivity contribution in [2.75, 3.05) is 7.11 Å². The first kappa shape index (κ1) is 14.2. The van der Waals surface area contributed by atoms with E-state index in [4.69, 9.17) is 0 Å². The van der Waals surface area contributed by atoms with E-state index in [9.17, 15) is 31.1 Å². The lowest BCUT2D eigenvalue weighted by molar-refractivity contribution is -0.276. The second-order valence-electron chi connectivity index (χ2n) is 2.96. The highest BCUT2D eigenvalue weighted by Gasteiger charge is 2.41. The van der Waals surface area contributed by atoms with E-state index in [0.29, 0.717) is 0 Å². The molecular weight excluding hydrogens is 272 g/mol. The number of halogens is 6. The van der Waals surface area contributed by atoms with Gasteiger partial charge in [-0.2, -0.15) is 13.2 Å². The maximum Gasteiger partial charge on any atom is 0.573 e. The quantitative estimate of drug-likeness (QED) is 0.844. The number of aromatic amines is 1. The summed E-state index contributed by atoms with van der Waals surface area (Å²) in [5.74, 6) is -2.52. The van der Waals surface area contributed by atoms with Crippen molar-refractivity contribution in [1.82, 2.24) is 4.98 Å². The molecule has 0 aliphatic rings. The van der Waals surface area contributed by atoms with E-state index in [1.807, 2.05) is 0 Å². The molecule has 4 nitrogen and oxygen atoms in total. The van der Waals surface area contributed by atoms with E-state index in [1.165, 1.54) is 0 Å². The summed E-state index contributed by atoms with van der Waals surface area (Å²) >= 11 is 0. The summed E-state index contributed by atoms with van der Waals surface area (Å²) in [6.45, 7) is 0. The first-order valence-electron chi connectivity index (χ1n) is 4.19. The minimum Gasteiger partial charge on any atom is -0.482 e. The molecule has 1 heterocycles. The van der Waals surface area contributed by atoms with Gasteiger partial charge in [0.15, 0.2) is 5.88 Å². The number of alkyl halides is 6. The third-order valence-electron chi connectivity index (χ3n) is 1.71. The van der Waals surface area contributed by atoms with Gasteiger partial charge in [0.1, 0.15) is 5.56 Å². The summed E-state index contributed by atoms with van der Waals surface area (Å²) in [7, 11) is 0.940. The van der Waals surface area contributed by atoms with Gasteiger partial charge in [0.25, 0.3) is 5.56 Å². The highest BCUT2D eigenvalue weighted by Crippen LogP contribution is 2.37. The largest absolute Gasteiger partial charge is 0.573 e. The molecule has 0 amide bonds. The summed E-state index contributed by atoms with van der Waals surface area (Å²) in [6, 6.07) is 0.197.